The Morgan fingerprint density at radius 3 is 2.86 bits per heavy atom. The number of halogens is 1. The molecule has 78 valence electrons. The van der Waals surface area contributed by atoms with E-state index in [1.54, 1.807) is 0 Å². The second kappa shape index (κ2) is 6.02. The molecule has 1 aliphatic rings. The Kier molecular flexibility index (Phi) is 4.94. The third-order valence-electron chi connectivity index (χ3n) is 2.15. The summed E-state index contributed by atoms with van der Waals surface area (Å²) in [4.78, 5) is 11.0. The van der Waals surface area contributed by atoms with E-state index in [0.717, 1.165) is 12.8 Å². The summed E-state index contributed by atoms with van der Waals surface area (Å²) in [5.74, 6) is -0.258. The molecule has 0 aromatic rings. The summed E-state index contributed by atoms with van der Waals surface area (Å²) in [6, 6.07) is 0. The van der Waals surface area contributed by atoms with Gasteiger partial charge >= 0.3 is 5.97 Å². The highest BCUT2D eigenvalue weighted by Gasteiger charge is 2.07. The van der Waals surface area contributed by atoms with Crippen LogP contribution in [0.25, 0.3) is 0 Å². The van der Waals surface area contributed by atoms with Crippen molar-refractivity contribution >= 4 is 21.9 Å². The first-order valence-corrected chi connectivity index (χ1v) is 5.75. The van der Waals surface area contributed by atoms with E-state index in [4.69, 9.17) is 4.74 Å². The molecule has 0 saturated carbocycles. The van der Waals surface area contributed by atoms with Gasteiger partial charge in [-0.05, 0) is 42.7 Å². The van der Waals surface area contributed by atoms with Crippen LogP contribution in [0, 0.1) is 0 Å². The number of esters is 1. The molecule has 0 N–H and O–H groups in total. The second-order valence-electron chi connectivity index (χ2n) is 3.22. The zero-order valence-corrected chi connectivity index (χ0v) is 9.97. The van der Waals surface area contributed by atoms with Crippen molar-refractivity contribution in [3.8, 4) is 0 Å². The Bertz CT molecular complexity index is 266. The Balaban J connectivity index is 2.53. The van der Waals surface area contributed by atoms with Gasteiger partial charge in [-0.15, -0.1) is 0 Å². The Morgan fingerprint density at radius 1 is 1.50 bits per heavy atom. The molecule has 0 fully saturated rings. The third kappa shape index (κ3) is 3.66. The van der Waals surface area contributed by atoms with Crippen LogP contribution in [0.4, 0.5) is 0 Å². The molecule has 0 spiro atoms. The van der Waals surface area contributed by atoms with Crippen LogP contribution in [-0.2, 0) is 9.53 Å². The number of carbonyl (C=O) groups excluding carboxylic acids is 1. The molecular weight excluding hydrogens is 244 g/mol. The van der Waals surface area contributed by atoms with Gasteiger partial charge in [-0.2, -0.15) is 0 Å². The molecule has 1 aliphatic carbocycles. The highest BCUT2D eigenvalue weighted by molar-refractivity contribution is 9.11. The Morgan fingerprint density at radius 2 is 2.21 bits per heavy atom. The maximum absolute atomic E-state index is 11.0. The summed E-state index contributed by atoms with van der Waals surface area (Å²) >= 11 is 3.52. The predicted molar refractivity (Wildman–Crippen MR) is 60.2 cm³/mol. The standard InChI is InChI=1S/C11H15BrO2/c1-2-14-11(13)8-7-9-5-3-4-6-10(9)12/h7-8H,2-6H2,1H3/b8-7+. The average Bonchev–Trinajstić information content (AvgIpc) is 2.17. The minimum absolute atomic E-state index is 0.258. The zero-order valence-electron chi connectivity index (χ0n) is 8.38. The van der Waals surface area contributed by atoms with Gasteiger partial charge in [0.05, 0.1) is 6.61 Å². The largest absolute Gasteiger partial charge is 0.463 e. The fourth-order valence-electron chi connectivity index (χ4n) is 1.42. The molecule has 0 atom stereocenters. The van der Waals surface area contributed by atoms with Gasteiger partial charge in [0.2, 0.25) is 0 Å². The molecule has 0 aromatic carbocycles. The lowest BCUT2D eigenvalue weighted by atomic mass is 9.99. The lowest BCUT2D eigenvalue weighted by Crippen LogP contribution is -2.00. The highest BCUT2D eigenvalue weighted by Crippen LogP contribution is 2.29. The summed E-state index contributed by atoms with van der Waals surface area (Å²) in [5, 5.41) is 0. The van der Waals surface area contributed by atoms with Crippen molar-refractivity contribution in [3.05, 3.63) is 22.2 Å². The lowest BCUT2D eigenvalue weighted by Gasteiger charge is -2.12. The number of allylic oxidation sites excluding steroid dienone is 3. The molecule has 0 aromatic heterocycles. The number of hydrogen-bond donors (Lipinski definition) is 0. The van der Waals surface area contributed by atoms with Gasteiger partial charge in [-0.25, -0.2) is 4.79 Å². The molecule has 14 heavy (non-hydrogen) atoms. The van der Waals surface area contributed by atoms with E-state index in [1.807, 2.05) is 13.0 Å². The minimum atomic E-state index is -0.258. The van der Waals surface area contributed by atoms with Crippen molar-refractivity contribution in [1.82, 2.24) is 0 Å². The molecule has 1 rings (SSSR count). The Hall–Kier alpha value is -0.570. The first kappa shape index (κ1) is 11.5. The summed E-state index contributed by atoms with van der Waals surface area (Å²) in [7, 11) is 0. The maximum atomic E-state index is 11.0. The molecule has 0 bridgehead atoms. The van der Waals surface area contributed by atoms with Gasteiger partial charge in [-0.3, -0.25) is 0 Å². The van der Waals surface area contributed by atoms with E-state index >= 15 is 0 Å². The second-order valence-corrected chi connectivity index (χ2v) is 4.18. The van der Waals surface area contributed by atoms with Crippen molar-refractivity contribution in [2.45, 2.75) is 32.6 Å². The van der Waals surface area contributed by atoms with Crippen LogP contribution in [0.15, 0.2) is 22.2 Å². The van der Waals surface area contributed by atoms with Crippen LogP contribution >= 0.6 is 15.9 Å². The van der Waals surface area contributed by atoms with Crippen LogP contribution in [-0.4, -0.2) is 12.6 Å². The average molecular weight is 259 g/mol. The number of ether oxygens (including phenoxy) is 1. The van der Waals surface area contributed by atoms with E-state index in [2.05, 4.69) is 15.9 Å². The topological polar surface area (TPSA) is 26.3 Å². The number of rotatable bonds is 3. The molecule has 0 heterocycles. The monoisotopic (exact) mass is 258 g/mol. The SMILES string of the molecule is CCOC(=O)/C=C/C1=C(Br)CCCC1. The normalized spacial score (nSPS) is 17.6. The molecule has 0 radical (unpaired) electrons. The molecule has 0 amide bonds. The lowest BCUT2D eigenvalue weighted by molar-refractivity contribution is -0.137. The smallest absolute Gasteiger partial charge is 0.330 e. The first-order chi connectivity index (χ1) is 6.74. The molecule has 0 aliphatic heterocycles. The van der Waals surface area contributed by atoms with Crippen molar-refractivity contribution < 1.29 is 9.53 Å². The highest BCUT2D eigenvalue weighted by atomic mass is 79.9. The van der Waals surface area contributed by atoms with E-state index in [-0.39, 0.29) is 5.97 Å². The van der Waals surface area contributed by atoms with Gasteiger partial charge in [0.25, 0.3) is 0 Å². The summed E-state index contributed by atoms with van der Waals surface area (Å²) in [6.07, 6.45) is 7.95. The molecule has 0 saturated heterocycles. The van der Waals surface area contributed by atoms with Crippen LogP contribution in [0.1, 0.15) is 32.6 Å². The number of carbonyl (C=O) groups is 1. The number of hydrogen-bond acceptors (Lipinski definition) is 2. The summed E-state index contributed by atoms with van der Waals surface area (Å²) in [6.45, 7) is 2.24. The maximum Gasteiger partial charge on any atom is 0.330 e. The van der Waals surface area contributed by atoms with Gasteiger partial charge in [0.1, 0.15) is 0 Å². The van der Waals surface area contributed by atoms with Crippen molar-refractivity contribution in [2.24, 2.45) is 0 Å². The van der Waals surface area contributed by atoms with E-state index < -0.39 is 0 Å². The molecule has 0 unspecified atom stereocenters. The van der Waals surface area contributed by atoms with E-state index in [0.29, 0.717) is 6.61 Å². The quantitative estimate of drug-likeness (QED) is 0.574. The minimum Gasteiger partial charge on any atom is -0.463 e. The molecular formula is C11H15BrO2. The van der Waals surface area contributed by atoms with Crippen molar-refractivity contribution in [3.63, 3.8) is 0 Å². The van der Waals surface area contributed by atoms with Crippen LogP contribution in [0.2, 0.25) is 0 Å². The van der Waals surface area contributed by atoms with Crippen LogP contribution < -0.4 is 0 Å². The predicted octanol–water partition coefficient (Wildman–Crippen LogP) is 3.33. The third-order valence-corrected chi connectivity index (χ3v) is 3.05. The van der Waals surface area contributed by atoms with Gasteiger partial charge in [0, 0.05) is 6.08 Å². The molecule has 2 nitrogen and oxygen atoms in total. The summed E-state index contributed by atoms with van der Waals surface area (Å²) in [5.41, 5.74) is 1.23. The molecule has 3 heteroatoms. The van der Waals surface area contributed by atoms with Gasteiger partial charge < -0.3 is 4.74 Å². The zero-order chi connectivity index (χ0) is 10.4. The van der Waals surface area contributed by atoms with Crippen LogP contribution in [0.3, 0.4) is 0 Å². The van der Waals surface area contributed by atoms with Gasteiger partial charge in [0.15, 0.2) is 0 Å². The Labute approximate surface area is 93.1 Å². The van der Waals surface area contributed by atoms with Crippen molar-refractivity contribution in [1.29, 1.82) is 0 Å². The fraction of sp³-hybridized carbons (Fsp3) is 0.545. The first-order valence-electron chi connectivity index (χ1n) is 4.96. The fourth-order valence-corrected chi connectivity index (χ4v) is 2.04. The van der Waals surface area contributed by atoms with Crippen LogP contribution in [0.5, 0.6) is 0 Å². The van der Waals surface area contributed by atoms with E-state index in [9.17, 15) is 4.79 Å². The van der Waals surface area contributed by atoms with Crippen molar-refractivity contribution in [2.75, 3.05) is 6.61 Å². The van der Waals surface area contributed by atoms with Gasteiger partial charge in [-0.1, -0.05) is 22.0 Å². The van der Waals surface area contributed by atoms with E-state index in [1.165, 1.54) is 29.0 Å². The summed E-state index contributed by atoms with van der Waals surface area (Å²) < 4.78 is 6.03.